The molecular weight excluding hydrogens is 818 g/mol. The lowest BCUT2D eigenvalue weighted by atomic mass is 9.83. The summed E-state index contributed by atoms with van der Waals surface area (Å²) in [6.07, 6.45) is 2.57. The van der Waals surface area contributed by atoms with Crippen molar-refractivity contribution in [2.75, 3.05) is 0 Å². The van der Waals surface area contributed by atoms with Crippen LogP contribution >= 0.6 is 0 Å². The van der Waals surface area contributed by atoms with Crippen molar-refractivity contribution in [3.8, 4) is 23.5 Å². The van der Waals surface area contributed by atoms with Crippen molar-refractivity contribution in [1.82, 2.24) is 29.4 Å². The number of ether oxygens (including phenoxy) is 2. The maximum absolute atomic E-state index is 16.7. The van der Waals surface area contributed by atoms with Gasteiger partial charge in [-0.15, -0.1) is 0 Å². The minimum absolute atomic E-state index is 0.115. The Kier molecular flexibility index (Phi) is 10.2. The SMILES string of the molecule is CCC1=C(C)C2=C(c3ccc(Oc4nnc(Oc5ccc(C6=C7C(C)=C(CC)C(C)=[N+]7[B-](F)(F)n7c(C)c(CC)c(C)c76)cc5)nn4)cc3)c3c(C)c(CC)c(C)n3[B-](F)(F)[N+]2=C1C. The number of hydrogen-bond donors (Lipinski definition) is 0. The van der Waals surface area contributed by atoms with Crippen LogP contribution in [0.5, 0.6) is 23.5 Å². The average molecular weight is 871 g/mol. The standard InChI is InChI=1S/C48H52B2F4N8O2/c1-13-37-25(5)43-41(44-26(6)38(14-2)30(10)60(44)49(51,52)59(43)29(37)9)33-17-21-35(22-18-33)63-47-55-57-48(58-56-47)64-36-23-19-34(20-24-36)42-45-27(7)39(15-3)31(11)61(45)50(53,54)62-32(12)40(16-4)28(8)46(42)62/h17-24H,13-16H2,1-12H3. The summed E-state index contributed by atoms with van der Waals surface area (Å²) in [4.78, 5) is 0. The van der Waals surface area contributed by atoms with Crippen LogP contribution in [0, 0.1) is 27.7 Å². The molecule has 64 heavy (non-hydrogen) atoms. The molecule has 0 bridgehead atoms. The van der Waals surface area contributed by atoms with Crippen molar-refractivity contribution >= 4 is 36.5 Å². The quantitative estimate of drug-likeness (QED) is 0.103. The smallest absolute Gasteiger partial charge is 0.422 e. The maximum atomic E-state index is 16.7. The monoisotopic (exact) mass is 870 g/mol. The fourth-order valence-electron chi connectivity index (χ4n) is 11.4. The zero-order valence-electron chi connectivity index (χ0n) is 38.5. The Morgan fingerprint density at radius 2 is 0.828 bits per heavy atom. The van der Waals surface area contributed by atoms with Crippen LogP contribution in [0.1, 0.15) is 124 Å². The van der Waals surface area contributed by atoms with Crippen LogP contribution < -0.4 is 9.47 Å². The molecule has 0 aliphatic carbocycles. The second kappa shape index (κ2) is 15.2. The van der Waals surface area contributed by atoms with Crippen LogP contribution in [-0.2, 0) is 12.8 Å². The third-order valence-electron chi connectivity index (χ3n) is 14.1. The number of nitrogens with zero attached hydrogens (tertiary/aromatic N) is 8. The van der Waals surface area contributed by atoms with Gasteiger partial charge in [0.2, 0.25) is 0 Å². The van der Waals surface area contributed by atoms with Gasteiger partial charge in [0.1, 0.15) is 22.9 Å². The van der Waals surface area contributed by atoms with Crippen molar-refractivity contribution in [2.24, 2.45) is 0 Å². The number of rotatable bonds is 10. The highest BCUT2D eigenvalue weighted by molar-refractivity contribution is 6.59. The fraction of sp³-hybridized carbons (Fsp3) is 0.333. The molecule has 10 nitrogen and oxygen atoms in total. The fourth-order valence-corrected chi connectivity index (χ4v) is 11.4. The Morgan fingerprint density at radius 1 is 0.500 bits per heavy atom. The normalized spacial score (nSPS) is 17.5. The molecule has 0 unspecified atom stereocenters. The molecule has 0 N–H and O–H groups in total. The molecule has 9 rings (SSSR count). The van der Waals surface area contributed by atoms with Gasteiger partial charge in [-0.05, 0) is 136 Å². The van der Waals surface area contributed by atoms with Crippen molar-refractivity contribution in [3.63, 3.8) is 0 Å². The summed E-state index contributed by atoms with van der Waals surface area (Å²) in [5.74, 6) is 0.809. The first kappa shape index (κ1) is 43.0. The van der Waals surface area contributed by atoms with E-state index in [0.29, 0.717) is 82.8 Å². The highest BCUT2D eigenvalue weighted by Gasteiger charge is 2.58. The highest BCUT2D eigenvalue weighted by Crippen LogP contribution is 2.49. The van der Waals surface area contributed by atoms with E-state index in [1.807, 2.05) is 79.7 Å². The number of fused-ring (bicyclic) bond motifs is 4. The number of aromatic nitrogens is 6. The van der Waals surface area contributed by atoms with E-state index in [0.717, 1.165) is 66.8 Å². The molecule has 16 heteroatoms. The van der Waals surface area contributed by atoms with Crippen LogP contribution in [0.2, 0.25) is 0 Å². The van der Waals surface area contributed by atoms with Crippen LogP contribution in [0.15, 0.2) is 82.2 Å². The summed E-state index contributed by atoms with van der Waals surface area (Å²) in [6, 6.07) is 14.2. The minimum Gasteiger partial charge on any atom is -0.422 e. The van der Waals surface area contributed by atoms with Crippen LogP contribution in [-0.4, -0.2) is 63.7 Å². The summed E-state index contributed by atoms with van der Waals surface area (Å²) in [7, 11) is 0. The van der Waals surface area contributed by atoms with E-state index >= 15 is 17.3 Å². The average Bonchev–Trinajstić information content (AvgIpc) is 3.88. The maximum Gasteiger partial charge on any atom is 0.737 e. The third-order valence-corrected chi connectivity index (χ3v) is 14.1. The van der Waals surface area contributed by atoms with E-state index in [4.69, 9.17) is 9.47 Å². The first-order chi connectivity index (χ1) is 30.4. The van der Waals surface area contributed by atoms with Gasteiger partial charge in [-0.2, -0.15) is 0 Å². The molecule has 0 spiro atoms. The van der Waals surface area contributed by atoms with Gasteiger partial charge in [-0.1, -0.05) is 72.4 Å². The van der Waals surface area contributed by atoms with Crippen molar-refractivity contribution < 1.29 is 35.7 Å². The lowest BCUT2D eigenvalue weighted by molar-refractivity contribution is -0.364. The molecule has 4 aliphatic rings. The zero-order valence-corrected chi connectivity index (χ0v) is 38.5. The lowest BCUT2D eigenvalue weighted by Crippen LogP contribution is -2.51. The third kappa shape index (κ3) is 5.92. The van der Waals surface area contributed by atoms with Gasteiger partial charge >= 0.3 is 26.0 Å². The Labute approximate surface area is 371 Å². The van der Waals surface area contributed by atoms with Gasteiger partial charge in [-0.3, -0.25) is 0 Å². The predicted molar refractivity (Wildman–Crippen MR) is 244 cm³/mol. The van der Waals surface area contributed by atoms with Crippen molar-refractivity contribution in [2.45, 2.75) is 109 Å². The van der Waals surface area contributed by atoms with Crippen LogP contribution in [0.25, 0.3) is 11.1 Å². The Bertz CT molecular complexity index is 2840. The second-order valence-electron chi connectivity index (χ2n) is 17.2. The largest absolute Gasteiger partial charge is 0.737 e. The van der Waals surface area contributed by atoms with E-state index in [-0.39, 0.29) is 12.0 Å². The molecule has 7 heterocycles. The van der Waals surface area contributed by atoms with Crippen LogP contribution in [0.3, 0.4) is 0 Å². The van der Waals surface area contributed by atoms with E-state index in [1.54, 1.807) is 52.0 Å². The van der Waals surface area contributed by atoms with Crippen molar-refractivity contribution in [3.05, 3.63) is 138 Å². The van der Waals surface area contributed by atoms with Gasteiger partial charge < -0.3 is 44.7 Å². The summed E-state index contributed by atoms with van der Waals surface area (Å²) >= 11 is 0. The van der Waals surface area contributed by atoms with Gasteiger partial charge in [0.05, 0.1) is 11.1 Å². The summed E-state index contributed by atoms with van der Waals surface area (Å²) in [6.45, 7) is 14.7. The van der Waals surface area contributed by atoms with E-state index < -0.39 is 13.9 Å². The molecule has 0 fully saturated rings. The summed E-state index contributed by atoms with van der Waals surface area (Å²) in [5.41, 5.74) is 14.7. The minimum atomic E-state index is -4.13. The molecule has 0 amide bonds. The van der Waals surface area contributed by atoms with E-state index in [9.17, 15) is 0 Å². The molecule has 0 saturated heterocycles. The number of hydrogen-bond acceptors (Lipinski definition) is 6. The molecule has 2 aromatic carbocycles. The molecule has 0 saturated carbocycles. The Hall–Kier alpha value is -6.31. The lowest BCUT2D eigenvalue weighted by Gasteiger charge is -2.34. The van der Waals surface area contributed by atoms with Gasteiger partial charge in [0.15, 0.2) is 11.4 Å². The molecular formula is C48H52B2F4N8O2. The Balaban J connectivity index is 0.983. The number of benzene rings is 2. The predicted octanol–water partition coefficient (Wildman–Crippen LogP) is 11.2. The van der Waals surface area contributed by atoms with Gasteiger partial charge in [-0.25, -0.2) is 0 Å². The highest BCUT2D eigenvalue weighted by atomic mass is 19.3. The molecule has 330 valence electrons. The van der Waals surface area contributed by atoms with Gasteiger partial charge in [0, 0.05) is 47.5 Å². The number of allylic oxidation sites excluding steroid dienone is 4. The number of halogens is 4. The molecule has 0 radical (unpaired) electrons. The summed E-state index contributed by atoms with van der Waals surface area (Å²) in [5, 5.41) is 16.4. The second-order valence-corrected chi connectivity index (χ2v) is 17.2. The first-order valence-corrected chi connectivity index (χ1v) is 22.2. The Morgan fingerprint density at radius 3 is 1.12 bits per heavy atom. The molecule has 4 aliphatic heterocycles. The zero-order chi connectivity index (χ0) is 45.9. The molecule has 3 aromatic heterocycles. The van der Waals surface area contributed by atoms with Crippen LogP contribution in [0.4, 0.5) is 17.3 Å². The van der Waals surface area contributed by atoms with Crippen molar-refractivity contribution in [1.29, 1.82) is 0 Å². The van der Waals surface area contributed by atoms with E-state index in [1.165, 1.54) is 17.9 Å². The van der Waals surface area contributed by atoms with Gasteiger partial charge in [0.25, 0.3) is 0 Å². The van der Waals surface area contributed by atoms with E-state index in [2.05, 4.69) is 20.4 Å². The molecule has 5 aromatic rings. The molecule has 0 atom stereocenters. The topological polar surface area (TPSA) is 85.9 Å². The summed E-state index contributed by atoms with van der Waals surface area (Å²) < 4.78 is 83.7. The first-order valence-electron chi connectivity index (χ1n) is 22.2.